The highest BCUT2D eigenvalue weighted by molar-refractivity contribution is 6.34. The highest BCUT2D eigenvalue weighted by Gasteiger charge is 2.16. The summed E-state index contributed by atoms with van der Waals surface area (Å²) in [6.07, 6.45) is 5.61. The van der Waals surface area contributed by atoms with Gasteiger partial charge in [-0.1, -0.05) is 11.6 Å². The molecule has 0 radical (unpaired) electrons. The molecule has 1 heterocycles. The molecule has 9 heteroatoms. The molecule has 1 aromatic carbocycles. The normalized spacial score (nSPS) is 10.8. The Hall–Kier alpha value is -3.44. The van der Waals surface area contributed by atoms with Gasteiger partial charge in [-0.15, -0.1) is 0 Å². The highest BCUT2D eigenvalue weighted by atomic mass is 35.5. The number of nitrogens with zero attached hydrogens (tertiary/aromatic N) is 4. The van der Waals surface area contributed by atoms with Crippen molar-refractivity contribution in [1.82, 2.24) is 9.88 Å². The monoisotopic (exact) mass is 399 g/mol. The summed E-state index contributed by atoms with van der Waals surface area (Å²) < 4.78 is 0. The first-order valence-corrected chi connectivity index (χ1v) is 8.82. The van der Waals surface area contributed by atoms with Gasteiger partial charge < -0.3 is 10.2 Å². The highest BCUT2D eigenvalue weighted by Crippen LogP contribution is 2.27. The predicted octanol–water partition coefficient (Wildman–Crippen LogP) is 3.55. The molecule has 0 fully saturated rings. The van der Waals surface area contributed by atoms with Crippen LogP contribution < -0.4 is 5.32 Å². The number of aromatic nitrogens is 1. The minimum atomic E-state index is -0.688. The molecule has 28 heavy (non-hydrogen) atoms. The van der Waals surface area contributed by atoms with Crippen molar-refractivity contribution in [2.45, 2.75) is 13.3 Å². The number of halogens is 1. The molecular weight excluding hydrogens is 382 g/mol. The van der Waals surface area contributed by atoms with Gasteiger partial charge in [0.25, 0.3) is 11.6 Å². The van der Waals surface area contributed by atoms with Crippen LogP contribution in [0.25, 0.3) is 0 Å². The number of amides is 1. The van der Waals surface area contributed by atoms with E-state index in [1.54, 1.807) is 12.4 Å². The summed E-state index contributed by atoms with van der Waals surface area (Å²) in [5.74, 6) is -0.688. The van der Waals surface area contributed by atoms with E-state index in [4.69, 9.17) is 11.6 Å². The van der Waals surface area contributed by atoms with Crippen LogP contribution in [0.15, 0.2) is 54.5 Å². The number of non-ortho nitro benzene ring substituents is 1. The zero-order valence-electron chi connectivity index (χ0n) is 15.1. The van der Waals surface area contributed by atoms with Crippen LogP contribution in [0.1, 0.15) is 12.5 Å². The van der Waals surface area contributed by atoms with E-state index < -0.39 is 10.8 Å². The summed E-state index contributed by atoms with van der Waals surface area (Å²) in [5.41, 5.74) is 0.823. The van der Waals surface area contributed by atoms with Crippen LogP contribution in [0.4, 0.5) is 11.4 Å². The molecule has 8 nitrogen and oxygen atoms in total. The number of carbonyl (C=O) groups excluding carboxylic acids is 1. The first kappa shape index (κ1) is 20.9. The molecule has 0 aliphatic carbocycles. The maximum absolute atomic E-state index is 12.4. The van der Waals surface area contributed by atoms with Crippen molar-refractivity contribution in [2.24, 2.45) is 0 Å². The first-order chi connectivity index (χ1) is 13.4. The number of nitrogens with one attached hydrogen (secondary N) is 1. The smallest absolute Gasteiger partial charge is 0.271 e. The molecule has 0 atom stereocenters. The molecule has 0 saturated heterocycles. The maximum Gasteiger partial charge on any atom is 0.271 e. The largest absolute Gasteiger partial charge is 0.376 e. The summed E-state index contributed by atoms with van der Waals surface area (Å²) >= 11 is 5.99. The Labute approximate surface area is 167 Å². The van der Waals surface area contributed by atoms with Crippen molar-refractivity contribution in [3.8, 4) is 6.07 Å². The van der Waals surface area contributed by atoms with Crippen molar-refractivity contribution >= 4 is 28.9 Å². The van der Waals surface area contributed by atoms with Crippen molar-refractivity contribution in [3.63, 3.8) is 0 Å². The third-order valence-corrected chi connectivity index (χ3v) is 4.26. The Balaban J connectivity index is 2.12. The molecule has 0 saturated carbocycles. The number of benzene rings is 1. The fraction of sp³-hybridized carbons (Fsp3) is 0.211. The number of nitro benzene ring substituents is 1. The molecule has 1 aromatic heterocycles. The van der Waals surface area contributed by atoms with Crippen molar-refractivity contribution in [3.05, 3.63) is 75.2 Å². The number of hydrogen-bond acceptors (Lipinski definition) is 6. The number of nitro groups is 1. The molecule has 0 aliphatic rings. The zero-order chi connectivity index (χ0) is 20.5. The summed E-state index contributed by atoms with van der Waals surface area (Å²) in [6.45, 7) is 3.12. The molecular formula is C19H18ClN5O3. The summed E-state index contributed by atoms with van der Waals surface area (Å²) in [6, 6.07) is 9.37. The van der Waals surface area contributed by atoms with Gasteiger partial charge in [-0.2, -0.15) is 5.26 Å². The van der Waals surface area contributed by atoms with E-state index >= 15 is 0 Å². The van der Waals surface area contributed by atoms with Gasteiger partial charge in [0.2, 0.25) is 0 Å². The number of carbonyl (C=O) groups is 1. The molecule has 0 bridgehead atoms. The molecule has 0 spiro atoms. The number of pyridine rings is 1. The van der Waals surface area contributed by atoms with E-state index in [1.165, 1.54) is 18.3 Å². The molecule has 1 amide bonds. The third kappa shape index (κ3) is 5.79. The number of likely N-dealkylation sites (N-methyl/N-ethyl adjacent to an activating group) is 1. The van der Waals surface area contributed by atoms with Crippen LogP contribution in [0.3, 0.4) is 0 Å². The minimum Gasteiger partial charge on any atom is -0.376 e. The molecule has 0 aliphatic heterocycles. The zero-order valence-corrected chi connectivity index (χ0v) is 15.9. The van der Waals surface area contributed by atoms with Crippen LogP contribution in [-0.4, -0.2) is 33.8 Å². The lowest BCUT2D eigenvalue weighted by atomic mass is 10.2. The minimum absolute atomic E-state index is 0.0712. The lowest BCUT2D eigenvalue weighted by Gasteiger charge is -2.18. The fourth-order valence-corrected chi connectivity index (χ4v) is 2.53. The second-order valence-corrected chi connectivity index (χ2v) is 6.17. The van der Waals surface area contributed by atoms with E-state index in [1.807, 2.05) is 30.0 Å². The SMILES string of the molecule is CCN(/C=C(/C#N)C(=O)Nc1cc([N+](=O)[O-])ccc1Cl)CCc1ccncc1. The Morgan fingerprint density at radius 3 is 2.71 bits per heavy atom. The van der Waals surface area contributed by atoms with Crippen LogP contribution in [0.5, 0.6) is 0 Å². The topological polar surface area (TPSA) is 112 Å². The lowest BCUT2D eigenvalue weighted by molar-refractivity contribution is -0.384. The van der Waals surface area contributed by atoms with E-state index in [2.05, 4.69) is 10.3 Å². The van der Waals surface area contributed by atoms with Gasteiger partial charge in [0.05, 0.1) is 15.6 Å². The van der Waals surface area contributed by atoms with E-state index in [0.29, 0.717) is 13.1 Å². The summed E-state index contributed by atoms with van der Waals surface area (Å²) in [4.78, 5) is 28.5. The first-order valence-electron chi connectivity index (χ1n) is 8.44. The number of nitriles is 1. The average molecular weight is 400 g/mol. The second kappa shape index (κ2) is 10.0. The van der Waals surface area contributed by atoms with E-state index in [0.717, 1.165) is 18.1 Å². The molecule has 2 rings (SSSR count). The van der Waals surface area contributed by atoms with Gasteiger partial charge in [-0.05, 0) is 37.1 Å². The number of rotatable bonds is 8. The van der Waals surface area contributed by atoms with Crippen LogP contribution in [0, 0.1) is 21.4 Å². The van der Waals surface area contributed by atoms with Crippen LogP contribution in [-0.2, 0) is 11.2 Å². The quantitative estimate of drug-likeness (QED) is 0.314. The Bertz CT molecular complexity index is 925. The van der Waals surface area contributed by atoms with Crippen molar-refractivity contribution in [1.29, 1.82) is 5.26 Å². The van der Waals surface area contributed by atoms with Crippen LogP contribution >= 0.6 is 11.6 Å². The molecule has 144 valence electrons. The summed E-state index contributed by atoms with van der Waals surface area (Å²) in [7, 11) is 0. The molecule has 0 unspecified atom stereocenters. The van der Waals surface area contributed by atoms with Crippen molar-refractivity contribution in [2.75, 3.05) is 18.4 Å². The van der Waals surface area contributed by atoms with Gasteiger partial charge in [0.15, 0.2) is 0 Å². The molecule has 2 aromatic rings. The third-order valence-electron chi connectivity index (χ3n) is 3.93. The lowest BCUT2D eigenvalue weighted by Crippen LogP contribution is -2.23. The van der Waals surface area contributed by atoms with Crippen molar-refractivity contribution < 1.29 is 9.72 Å². The Morgan fingerprint density at radius 2 is 2.11 bits per heavy atom. The number of anilines is 1. The standard InChI is InChI=1S/C19H18ClN5O3/c1-2-24(10-7-14-5-8-22-9-6-14)13-15(12-21)19(26)23-18-11-16(25(27)28)3-4-17(18)20/h3-6,8-9,11,13H,2,7,10H2,1H3,(H,23,26)/b15-13-. The predicted molar refractivity (Wildman–Crippen MR) is 106 cm³/mol. The molecule has 1 N–H and O–H groups in total. The Morgan fingerprint density at radius 1 is 1.39 bits per heavy atom. The van der Waals surface area contributed by atoms with Gasteiger partial charge >= 0.3 is 0 Å². The average Bonchev–Trinajstić information content (AvgIpc) is 2.70. The maximum atomic E-state index is 12.4. The summed E-state index contributed by atoms with van der Waals surface area (Å²) in [5, 5.41) is 22.8. The van der Waals surface area contributed by atoms with Gasteiger partial charge in [0, 0.05) is 43.8 Å². The Kier molecular flexibility index (Phi) is 7.48. The van der Waals surface area contributed by atoms with Gasteiger partial charge in [-0.25, -0.2) is 0 Å². The van der Waals surface area contributed by atoms with Gasteiger partial charge in [0.1, 0.15) is 11.6 Å². The van der Waals surface area contributed by atoms with Gasteiger partial charge in [-0.3, -0.25) is 19.9 Å². The second-order valence-electron chi connectivity index (χ2n) is 5.76. The van der Waals surface area contributed by atoms with Crippen LogP contribution in [0.2, 0.25) is 5.02 Å². The number of hydrogen-bond donors (Lipinski definition) is 1. The fourth-order valence-electron chi connectivity index (χ4n) is 2.37. The van der Waals surface area contributed by atoms with E-state index in [-0.39, 0.29) is 22.0 Å². The van der Waals surface area contributed by atoms with E-state index in [9.17, 15) is 20.2 Å².